The molecule has 2 N–H and O–H groups in total. The molecule has 0 amide bonds. The molecule has 2 aliphatic carbocycles. The minimum absolute atomic E-state index is 0.00921. The third-order valence-electron chi connectivity index (χ3n) is 13.0. The zero-order valence-electron chi connectivity index (χ0n) is 41.5. The molecule has 19 nitrogen and oxygen atoms in total. The van der Waals surface area contributed by atoms with E-state index < -0.39 is 31.4 Å². The maximum Gasteiger partial charge on any atom is 0.500 e. The van der Waals surface area contributed by atoms with Crippen LogP contribution in [0.3, 0.4) is 0 Å². The number of fused-ring (bicyclic) bond motifs is 1. The second-order valence-electron chi connectivity index (χ2n) is 19.2. The van der Waals surface area contributed by atoms with Gasteiger partial charge in [-0.3, -0.25) is 4.79 Å². The molecular weight excluding hydrogens is 971 g/mol. The zero-order chi connectivity index (χ0) is 48.6. The lowest BCUT2D eigenvalue weighted by Gasteiger charge is -2.38. The molecule has 2 saturated heterocycles. The highest BCUT2D eigenvalue weighted by atomic mass is 79.9. The predicted octanol–water partition coefficient (Wildman–Crippen LogP) is 4.81. The summed E-state index contributed by atoms with van der Waals surface area (Å²) in [6.45, 7) is 7.86. The molecule has 21 heteroatoms. The van der Waals surface area contributed by atoms with Crippen molar-refractivity contribution < 1.29 is 75.7 Å². The number of nitrogens with zero attached hydrogens (tertiary/aromatic N) is 3. The van der Waals surface area contributed by atoms with Gasteiger partial charge in [-0.15, -0.1) is 5.10 Å². The first-order valence-electron chi connectivity index (χ1n) is 25.1. The van der Waals surface area contributed by atoms with Crippen LogP contribution in [0, 0.1) is 11.8 Å². The molecule has 4 aliphatic rings. The van der Waals surface area contributed by atoms with Crippen molar-refractivity contribution in [3.8, 4) is 0 Å². The van der Waals surface area contributed by atoms with Crippen LogP contribution in [0.1, 0.15) is 103 Å². The molecule has 0 spiro atoms. The van der Waals surface area contributed by atoms with Crippen LogP contribution in [-0.2, 0) is 78.6 Å². The number of rotatable bonds is 40. The number of aliphatic hydroxyl groups excluding tert-OH is 2. The van der Waals surface area contributed by atoms with Crippen LogP contribution in [0.25, 0.3) is 0 Å². The van der Waals surface area contributed by atoms with Gasteiger partial charge < -0.3 is 70.9 Å². The molecule has 68 heavy (non-hydrogen) atoms. The number of halogens is 1. The molecule has 5 rings (SSSR count). The Kier molecular flexibility index (Phi) is 26.6. The quantitative estimate of drug-likeness (QED) is 0.0297. The number of carbonyl (C=O) groups is 1. The van der Waals surface area contributed by atoms with Crippen molar-refractivity contribution in [2.24, 2.45) is 11.8 Å². The third-order valence-corrected chi connectivity index (χ3v) is 16.2. The van der Waals surface area contributed by atoms with Gasteiger partial charge in [0.25, 0.3) is 0 Å². The van der Waals surface area contributed by atoms with Crippen molar-refractivity contribution >= 4 is 30.7 Å². The SMILES string of the molecule is CO[Si](CCCOCC(CO)OC1CC(CCCC2CCC3OC3C2)CCC1OCC(COCCCCCOCC1CO1)OCC(O)COCc1cn(CCOC(=O)C(C)(C)Br)nn1)(OC)OC. The molecule has 10 unspecified atom stereocenters. The Bertz CT molecular complexity index is 1500. The lowest BCUT2D eigenvalue weighted by molar-refractivity contribution is -0.167. The molecule has 1 aromatic heterocycles. The number of aromatic nitrogens is 3. The number of hydrogen-bond donors (Lipinski definition) is 2. The molecule has 1 aromatic rings. The predicted molar refractivity (Wildman–Crippen MR) is 254 cm³/mol. The molecular formula is C47H84BrN3O16Si. The molecule has 394 valence electrons. The van der Waals surface area contributed by atoms with Gasteiger partial charge in [-0.05, 0) is 89.9 Å². The van der Waals surface area contributed by atoms with Gasteiger partial charge in [0.1, 0.15) is 41.0 Å². The molecule has 0 bridgehead atoms. The minimum Gasteiger partial charge on any atom is -0.463 e. The van der Waals surface area contributed by atoms with E-state index in [1.165, 1.54) is 32.1 Å². The van der Waals surface area contributed by atoms with Crippen molar-refractivity contribution in [1.82, 2.24) is 15.0 Å². The topological polar surface area (TPSA) is 215 Å². The largest absolute Gasteiger partial charge is 0.500 e. The smallest absolute Gasteiger partial charge is 0.463 e. The summed E-state index contributed by atoms with van der Waals surface area (Å²) >= 11 is 3.30. The van der Waals surface area contributed by atoms with E-state index in [0.717, 1.165) is 57.5 Å². The van der Waals surface area contributed by atoms with Crippen LogP contribution in [0.5, 0.6) is 0 Å². The summed E-state index contributed by atoms with van der Waals surface area (Å²) in [5.41, 5.74) is 0.578. The highest BCUT2D eigenvalue weighted by molar-refractivity contribution is 9.10. The third kappa shape index (κ3) is 22.2. The number of epoxide rings is 2. The van der Waals surface area contributed by atoms with Crippen LogP contribution in [0.15, 0.2) is 6.20 Å². The Morgan fingerprint density at radius 1 is 0.838 bits per heavy atom. The van der Waals surface area contributed by atoms with E-state index in [1.807, 2.05) is 0 Å². The Morgan fingerprint density at radius 3 is 2.25 bits per heavy atom. The normalized spacial score (nSPS) is 25.2. The van der Waals surface area contributed by atoms with Crippen molar-refractivity contribution in [3.05, 3.63) is 11.9 Å². The molecule has 2 saturated carbocycles. The second-order valence-corrected chi connectivity index (χ2v) is 24.3. The highest BCUT2D eigenvalue weighted by Crippen LogP contribution is 2.42. The fourth-order valence-corrected chi connectivity index (χ4v) is 10.6. The van der Waals surface area contributed by atoms with E-state index in [-0.39, 0.29) is 77.1 Å². The number of carbonyl (C=O) groups excluding carboxylic acids is 1. The Balaban J connectivity index is 1.10. The number of aliphatic hydroxyl groups is 2. The van der Waals surface area contributed by atoms with Crippen LogP contribution in [0.2, 0.25) is 6.04 Å². The van der Waals surface area contributed by atoms with Crippen molar-refractivity contribution in [2.75, 3.05) is 101 Å². The van der Waals surface area contributed by atoms with Gasteiger partial charge in [0.05, 0.1) is 96.6 Å². The van der Waals surface area contributed by atoms with Crippen molar-refractivity contribution in [3.63, 3.8) is 0 Å². The number of esters is 1. The zero-order valence-corrected chi connectivity index (χ0v) is 44.1. The average molecular weight is 1060 g/mol. The van der Waals surface area contributed by atoms with Crippen LogP contribution in [0.4, 0.5) is 0 Å². The molecule has 0 radical (unpaired) electrons. The number of ether oxygens (including phenoxy) is 10. The highest BCUT2D eigenvalue weighted by Gasteiger charge is 2.44. The maximum absolute atomic E-state index is 12.0. The van der Waals surface area contributed by atoms with E-state index in [0.29, 0.717) is 69.3 Å². The maximum atomic E-state index is 12.0. The standard InChI is InChI=1S/C47H84BrN3O16Si/c1-47(2,48)46(54)62-21-17-51-25-37(49-50-51)27-61-28-38(53)29-63-41(32-59-19-8-6-7-18-58-31-40-33-64-40)34-65-42-15-13-35(11-9-12-36-14-16-43-45(24-36)67-43)23-44(42)66-39(26-52)30-60-20-10-22-68(55-3,56-4)57-5/h25,35-36,38-45,52-53H,6-24,26-34H2,1-5H3. The number of alkyl halides is 1. The Hall–Kier alpha value is -1.25. The summed E-state index contributed by atoms with van der Waals surface area (Å²) in [6.07, 6.45) is 14.0. The molecule has 4 fully saturated rings. The summed E-state index contributed by atoms with van der Waals surface area (Å²) in [5.74, 6) is 0.880. The first-order chi connectivity index (χ1) is 32.9. The number of unbranched alkanes of at least 4 members (excludes halogenated alkanes) is 2. The fraction of sp³-hybridized carbons (Fsp3) is 0.936. The lowest BCUT2D eigenvalue weighted by atomic mass is 9.80. The number of hydrogen-bond acceptors (Lipinski definition) is 18. The van der Waals surface area contributed by atoms with Gasteiger partial charge >= 0.3 is 14.8 Å². The van der Waals surface area contributed by atoms with Gasteiger partial charge in [-0.2, -0.15) is 0 Å². The summed E-state index contributed by atoms with van der Waals surface area (Å²) in [7, 11) is 2.09. The first kappa shape index (κ1) is 57.6. The molecule has 3 heterocycles. The molecule has 10 atom stereocenters. The minimum atomic E-state index is -2.71. The summed E-state index contributed by atoms with van der Waals surface area (Å²) in [4.78, 5) is 12.0. The van der Waals surface area contributed by atoms with E-state index in [9.17, 15) is 15.0 Å². The Labute approximate surface area is 413 Å². The van der Waals surface area contributed by atoms with E-state index in [1.54, 1.807) is 46.1 Å². The lowest BCUT2D eigenvalue weighted by Crippen LogP contribution is -2.44. The average Bonchev–Trinajstić information content (AvgIpc) is 4.27. The summed E-state index contributed by atoms with van der Waals surface area (Å²) in [6, 6.07) is 0.613. The second kappa shape index (κ2) is 31.4. The Morgan fingerprint density at radius 2 is 1.54 bits per heavy atom. The van der Waals surface area contributed by atoms with Gasteiger partial charge in [0.2, 0.25) is 0 Å². The van der Waals surface area contributed by atoms with Gasteiger partial charge in [0.15, 0.2) is 0 Å². The summed E-state index contributed by atoms with van der Waals surface area (Å²) < 4.78 is 76.9. The van der Waals surface area contributed by atoms with Crippen LogP contribution in [-0.4, -0.2) is 194 Å². The summed E-state index contributed by atoms with van der Waals surface area (Å²) in [5, 5.41) is 29.6. The van der Waals surface area contributed by atoms with E-state index in [4.69, 9.17) is 60.6 Å². The van der Waals surface area contributed by atoms with Gasteiger partial charge in [-0.1, -0.05) is 40.4 Å². The first-order valence-corrected chi connectivity index (χ1v) is 27.8. The monoisotopic (exact) mass is 1050 g/mol. The van der Waals surface area contributed by atoms with Gasteiger partial charge in [-0.25, -0.2) is 4.68 Å². The van der Waals surface area contributed by atoms with E-state index in [2.05, 4.69) is 26.2 Å². The van der Waals surface area contributed by atoms with Crippen LogP contribution >= 0.6 is 15.9 Å². The van der Waals surface area contributed by atoms with Gasteiger partial charge in [0, 0.05) is 47.2 Å². The van der Waals surface area contributed by atoms with Crippen LogP contribution < -0.4 is 0 Å². The van der Waals surface area contributed by atoms with Crippen molar-refractivity contribution in [1.29, 1.82) is 0 Å². The molecule has 2 aliphatic heterocycles. The fourth-order valence-electron chi connectivity index (χ4n) is 8.83. The molecule has 0 aromatic carbocycles. The van der Waals surface area contributed by atoms with Crippen molar-refractivity contribution in [2.45, 2.75) is 170 Å². The van der Waals surface area contributed by atoms with E-state index >= 15 is 0 Å².